The molecule has 7 nitrogen and oxygen atoms in total. The molecule has 2 unspecified atom stereocenters. The zero-order valence-electron chi connectivity index (χ0n) is 41.9. The fourth-order valence-electron chi connectivity index (χ4n) is 11.1. The Morgan fingerprint density at radius 3 is 0.774 bits per heavy atom. The average molecular weight is 849 g/mol. The molecule has 0 aliphatic carbocycles. The van der Waals surface area contributed by atoms with Gasteiger partial charge in [0.25, 0.3) is 0 Å². The molecule has 4 aromatic carbocycles. The van der Waals surface area contributed by atoms with Gasteiger partial charge in [-0.05, 0) is 222 Å². The summed E-state index contributed by atoms with van der Waals surface area (Å²) in [4.78, 5) is 0. The Hall–Kier alpha value is -4.04. The van der Waals surface area contributed by atoms with E-state index in [9.17, 15) is 5.11 Å². The molecule has 0 amide bonds. The van der Waals surface area contributed by atoms with Crippen molar-refractivity contribution in [3.63, 3.8) is 0 Å². The molecule has 338 valence electrons. The number of ether oxygens (including phenoxy) is 6. The molecule has 62 heavy (non-hydrogen) atoms. The molecule has 0 spiro atoms. The van der Waals surface area contributed by atoms with Gasteiger partial charge < -0.3 is 33.5 Å². The summed E-state index contributed by atoms with van der Waals surface area (Å²) in [6.07, 6.45) is -0.408. The van der Waals surface area contributed by atoms with E-state index in [4.69, 9.17) is 28.4 Å². The van der Waals surface area contributed by atoms with Gasteiger partial charge in [0.05, 0.1) is 13.2 Å². The van der Waals surface area contributed by atoms with Crippen molar-refractivity contribution in [2.24, 2.45) is 0 Å². The zero-order valence-corrected chi connectivity index (χ0v) is 41.9. The van der Waals surface area contributed by atoms with Crippen LogP contribution in [-0.2, 0) is 20.3 Å². The molecule has 0 saturated carbocycles. The highest BCUT2D eigenvalue weighted by Crippen LogP contribution is 2.48. The van der Waals surface area contributed by atoms with Crippen LogP contribution >= 0.6 is 0 Å². The predicted molar refractivity (Wildman–Crippen MR) is 253 cm³/mol. The predicted octanol–water partition coefficient (Wildman–Crippen LogP) is 11.6. The first kappa shape index (κ1) is 47.4. The Bertz CT molecular complexity index is 2120. The van der Waals surface area contributed by atoms with E-state index in [0.717, 1.165) is 58.5 Å². The molecule has 2 fully saturated rings. The summed E-state index contributed by atoms with van der Waals surface area (Å²) >= 11 is 0. The molecule has 2 saturated heterocycles. The Morgan fingerprint density at radius 2 is 0.581 bits per heavy atom. The van der Waals surface area contributed by atoms with Gasteiger partial charge in [-0.15, -0.1) is 0 Å². The van der Waals surface area contributed by atoms with Gasteiger partial charge in [0.2, 0.25) is 0 Å². The fourth-order valence-corrected chi connectivity index (χ4v) is 11.1. The molecule has 7 heteroatoms. The Morgan fingerprint density at radius 1 is 0.387 bits per heavy atom. The molecule has 2 atom stereocenters. The maximum absolute atomic E-state index is 11.4. The van der Waals surface area contributed by atoms with Crippen LogP contribution in [0.5, 0.6) is 23.0 Å². The van der Waals surface area contributed by atoms with Gasteiger partial charge >= 0.3 is 0 Å². The molecular weight excluding hydrogens is 773 g/mol. The number of benzene rings is 4. The number of aliphatic hydroxyl groups is 1. The highest BCUT2D eigenvalue weighted by molar-refractivity contribution is 5.65. The van der Waals surface area contributed by atoms with Crippen molar-refractivity contribution in [3.8, 4) is 23.0 Å². The zero-order chi connectivity index (χ0) is 46.1. The number of rotatable bonds is 16. The average Bonchev–Trinajstić information content (AvgIpc) is 4.15. The highest BCUT2D eigenvalue weighted by atomic mass is 16.6. The first-order valence-electron chi connectivity index (χ1n) is 22.7. The molecule has 2 aliphatic rings. The van der Waals surface area contributed by atoms with E-state index in [0.29, 0.717) is 13.2 Å². The van der Waals surface area contributed by atoms with Gasteiger partial charge in [-0.3, -0.25) is 0 Å². The second-order valence-electron chi connectivity index (χ2n) is 19.9. The minimum atomic E-state index is -0.826. The van der Waals surface area contributed by atoms with Gasteiger partial charge in [0, 0.05) is 10.8 Å². The van der Waals surface area contributed by atoms with E-state index in [2.05, 4.69) is 138 Å². The molecular formula is C55H76O7. The first-order chi connectivity index (χ1) is 28.9. The maximum Gasteiger partial charge on any atom is 0.125 e. The second-order valence-corrected chi connectivity index (χ2v) is 19.9. The smallest absolute Gasteiger partial charge is 0.125 e. The van der Waals surface area contributed by atoms with Crippen molar-refractivity contribution in [3.05, 3.63) is 111 Å². The molecule has 0 radical (unpaired) electrons. The summed E-state index contributed by atoms with van der Waals surface area (Å²) in [5.41, 5.74) is 23.8. The van der Waals surface area contributed by atoms with E-state index < -0.39 is 6.10 Å². The monoisotopic (exact) mass is 849 g/mol. The third-order valence-electron chi connectivity index (χ3n) is 15.2. The minimum Gasteiger partial charge on any atom is -0.490 e. The van der Waals surface area contributed by atoms with Crippen LogP contribution in [0.2, 0.25) is 0 Å². The second kappa shape index (κ2) is 17.5. The van der Waals surface area contributed by atoms with Gasteiger partial charge in [-0.2, -0.15) is 0 Å². The van der Waals surface area contributed by atoms with Crippen LogP contribution in [0.4, 0.5) is 0 Å². The Labute approximate surface area is 373 Å². The normalized spacial score (nSPS) is 16.7. The summed E-state index contributed by atoms with van der Waals surface area (Å²) in [5.74, 6) is 3.64. The quantitative estimate of drug-likeness (QED) is 0.112. The lowest BCUT2D eigenvalue weighted by molar-refractivity contribution is 0.0616. The van der Waals surface area contributed by atoms with Crippen LogP contribution < -0.4 is 18.9 Å². The minimum absolute atomic E-state index is 0.124. The van der Waals surface area contributed by atoms with Gasteiger partial charge in [0.1, 0.15) is 67.7 Å². The van der Waals surface area contributed by atoms with Gasteiger partial charge in [-0.1, -0.05) is 27.7 Å². The van der Waals surface area contributed by atoms with Crippen molar-refractivity contribution in [1.82, 2.24) is 0 Å². The lowest BCUT2D eigenvalue weighted by Crippen LogP contribution is -2.29. The highest BCUT2D eigenvalue weighted by Gasteiger charge is 2.37. The van der Waals surface area contributed by atoms with E-state index in [1.807, 2.05) is 0 Å². The number of aliphatic hydroxyl groups excluding tert-OH is 1. The third-order valence-corrected chi connectivity index (χ3v) is 15.2. The largest absolute Gasteiger partial charge is 0.490 e. The van der Waals surface area contributed by atoms with E-state index in [-0.39, 0.29) is 36.3 Å². The Kier molecular flexibility index (Phi) is 13.4. The summed E-state index contributed by atoms with van der Waals surface area (Å²) in [6, 6.07) is 0. The van der Waals surface area contributed by atoms with E-state index >= 15 is 0 Å². The number of epoxide rings is 2. The lowest BCUT2D eigenvalue weighted by atomic mass is 9.68. The van der Waals surface area contributed by atoms with Crippen molar-refractivity contribution in [1.29, 1.82) is 0 Å². The van der Waals surface area contributed by atoms with Crippen LogP contribution in [0.15, 0.2) is 0 Å². The summed E-state index contributed by atoms with van der Waals surface area (Å²) in [7, 11) is 0. The van der Waals surface area contributed by atoms with Crippen LogP contribution in [0.25, 0.3) is 0 Å². The molecule has 2 heterocycles. The van der Waals surface area contributed by atoms with Crippen LogP contribution in [0.1, 0.15) is 139 Å². The molecule has 6 rings (SSSR count). The van der Waals surface area contributed by atoms with Crippen LogP contribution in [0, 0.1) is 111 Å². The number of hydrogen-bond acceptors (Lipinski definition) is 7. The fraction of sp³-hybridized carbons (Fsp3) is 0.564. The third kappa shape index (κ3) is 8.39. The summed E-state index contributed by atoms with van der Waals surface area (Å²) in [6.45, 7) is 47.5. The van der Waals surface area contributed by atoms with Crippen LogP contribution in [0.3, 0.4) is 0 Å². The van der Waals surface area contributed by atoms with Crippen molar-refractivity contribution < 1.29 is 33.5 Å². The van der Waals surface area contributed by atoms with Gasteiger partial charge in [-0.25, -0.2) is 0 Å². The lowest BCUT2D eigenvalue weighted by Gasteiger charge is -2.36. The van der Waals surface area contributed by atoms with Crippen molar-refractivity contribution in [2.75, 3.05) is 39.6 Å². The molecule has 0 aromatic heterocycles. The van der Waals surface area contributed by atoms with Gasteiger partial charge in [0.15, 0.2) is 0 Å². The Balaban J connectivity index is 1.21. The molecule has 2 aliphatic heterocycles. The van der Waals surface area contributed by atoms with E-state index in [1.54, 1.807) is 0 Å². The first-order valence-corrected chi connectivity index (χ1v) is 22.7. The topological polar surface area (TPSA) is 82.2 Å². The standard InChI is InChI=1S/C55H76O7/c1-27-35(9)50(36(10)28(2)46(27)54(17,18)48-31(5)39(13)52(40(14)32(48)6)61-25-44-23-57-44)59-21-43(56)22-60-51-37(11)29(3)47(30(4)38(51)12)55(19,20)49-33(7)41(15)53(42(16)34(49)8)62-26-45-24-58-45/h43-45,56H,21-26H2,1-20H3. The molecule has 4 aromatic rings. The number of hydrogen-bond donors (Lipinski definition) is 1. The van der Waals surface area contributed by atoms with E-state index in [1.165, 1.54) is 89.0 Å². The molecule has 0 bridgehead atoms. The van der Waals surface area contributed by atoms with Crippen molar-refractivity contribution in [2.45, 2.75) is 168 Å². The maximum atomic E-state index is 11.4. The van der Waals surface area contributed by atoms with Crippen molar-refractivity contribution >= 4 is 0 Å². The molecule has 1 N–H and O–H groups in total. The SMILES string of the molecule is Cc1c(C)c(C(C)(C)c2c(C)c(C)c(OCC3CO3)c(C)c2C)c(C)c(C)c1OCC(O)COc1c(C)c(C)c(C(C)(C)c2c(C)c(C)c(OCC3CO3)c(C)c2C)c(C)c1C. The summed E-state index contributed by atoms with van der Waals surface area (Å²) in [5, 5.41) is 11.4. The summed E-state index contributed by atoms with van der Waals surface area (Å²) < 4.78 is 36.6. The van der Waals surface area contributed by atoms with Crippen LogP contribution in [-0.4, -0.2) is 63.1 Å².